The number of aromatic nitrogens is 5. The fraction of sp³-hybridized carbons (Fsp3) is 0.419. The van der Waals surface area contributed by atoms with E-state index in [1.165, 1.54) is 14.2 Å². The fourth-order valence-electron chi connectivity index (χ4n) is 7.97. The average Bonchev–Trinajstić information content (AvgIpc) is 4.07. The van der Waals surface area contributed by atoms with Crippen molar-refractivity contribution in [3.05, 3.63) is 78.6 Å². The summed E-state index contributed by atoms with van der Waals surface area (Å²) in [6.45, 7) is 8.76. The molecule has 0 aliphatic carbocycles. The molecule has 58 heavy (non-hydrogen) atoms. The molecule has 304 valence electrons. The van der Waals surface area contributed by atoms with Gasteiger partial charge in [-0.3, -0.25) is 9.59 Å². The molecule has 2 fully saturated rings. The molecule has 0 saturated carbocycles. The molecule has 2 saturated heterocycles. The normalized spacial score (nSPS) is 17.8. The minimum Gasteiger partial charge on any atom is -0.453 e. The number of amides is 4. The number of imidazole rings is 2. The first-order valence-electron chi connectivity index (χ1n) is 19.9. The molecule has 5 aromatic rings. The van der Waals surface area contributed by atoms with Crippen molar-refractivity contribution in [2.45, 2.75) is 77.5 Å². The number of nitrogens with zero attached hydrogens (tertiary/aromatic N) is 5. The molecule has 2 aliphatic rings. The number of nitrogens with one attached hydrogen (secondary N) is 4. The molecule has 2 aromatic carbocycles. The van der Waals surface area contributed by atoms with Crippen LogP contribution in [0.4, 0.5) is 9.59 Å². The zero-order valence-electron chi connectivity index (χ0n) is 33.7. The monoisotopic (exact) mass is 789 g/mol. The Morgan fingerprint density at radius 1 is 0.707 bits per heavy atom. The first kappa shape index (κ1) is 40.0. The van der Waals surface area contributed by atoms with Gasteiger partial charge in [-0.1, -0.05) is 64.1 Å². The number of carbonyl (C=O) groups is 4. The van der Waals surface area contributed by atoms with Gasteiger partial charge in [0.05, 0.1) is 49.4 Å². The Morgan fingerprint density at radius 2 is 1.28 bits per heavy atom. The second-order valence-electron chi connectivity index (χ2n) is 15.6. The average molecular weight is 790 g/mol. The maximum atomic E-state index is 13.6. The van der Waals surface area contributed by atoms with Gasteiger partial charge in [-0.2, -0.15) is 0 Å². The highest BCUT2D eigenvalue weighted by Crippen LogP contribution is 2.35. The van der Waals surface area contributed by atoms with Crippen LogP contribution in [0, 0.1) is 11.8 Å². The number of aromatic amines is 2. The van der Waals surface area contributed by atoms with Crippen LogP contribution in [0.15, 0.2) is 67.0 Å². The van der Waals surface area contributed by atoms with Crippen molar-refractivity contribution in [1.82, 2.24) is 45.4 Å². The number of hydrogen-bond acceptors (Lipinski definition) is 9. The largest absolute Gasteiger partial charge is 0.453 e. The van der Waals surface area contributed by atoms with Gasteiger partial charge < -0.3 is 39.9 Å². The second-order valence-corrected chi connectivity index (χ2v) is 15.6. The van der Waals surface area contributed by atoms with Crippen LogP contribution in [-0.4, -0.2) is 98.1 Å². The van der Waals surface area contributed by atoms with Gasteiger partial charge in [0, 0.05) is 24.7 Å². The second kappa shape index (κ2) is 17.1. The summed E-state index contributed by atoms with van der Waals surface area (Å²) >= 11 is 0. The molecule has 4 amide bonds. The van der Waals surface area contributed by atoms with Gasteiger partial charge in [0.25, 0.3) is 0 Å². The lowest BCUT2D eigenvalue weighted by molar-refractivity contribution is -0.136. The molecule has 0 unspecified atom stereocenters. The maximum Gasteiger partial charge on any atom is 0.407 e. The zero-order valence-corrected chi connectivity index (χ0v) is 33.7. The molecule has 15 heteroatoms. The van der Waals surface area contributed by atoms with E-state index in [1.807, 2.05) is 52.1 Å². The van der Waals surface area contributed by atoms with Crippen LogP contribution in [0.25, 0.3) is 44.7 Å². The number of benzene rings is 2. The lowest BCUT2D eigenvalue weighted by atomic mass is 10.0. The highest BCUT2D eigenvalue weighted by atomic mass is 16.5. The number of hydrogen-bond donors (Lipinski definition) is 4. The molecular weight excluding hydrogens is 739 g/mol. The van der Waals surface area contributed by atoms with Gasteiger partial charge in [-0.05, 0) is 72.4 Å². The van der Waals surface area contributed by atoms with Gasteiger partial charge in [-0.15, -0.1) is 0 Å². The Hall–Kier alpha value is -6.25. The van der Waals surface area contributed by atoms with Crippen LogP contribution in [-0.2, 0) is 19.1 Å². The molecule has 4 N–H and O–H groups in total. The van der Waals surface area contributed by atoms with Crippen molar-refractivity contribution in [3.8, 4) is 33.8 Å². The van der Waals surface area contributed by atoms with E-state index < -0.39 is 24.3 Å². The number of pyridine rings is 1. The van der Waals surface area contributed by atoms with Crippen molar-refractivity contribution < 1.29 is 28.7 Å². The van der Waals surface area contributed by atoms with Crippen LogP contribution in [0.1, 0.15) is 77.1 Å². The number of methoxy groups -OCH3 is 2. The molecule has 0 radical (unpaired) electrons. The number of likely N-dealkylation sites (tertiary alicyclic amines) is 2. The SMILES string of the molecule is COC(=O)N[C@H](C(=O)N1CCC[C@H]1c1nc(-c2ccc3cc(-c4ccc(-c5cnc([C@@H]6CCCN6C(=O)[C@@H](NC(=O)OC)C(C)C)[nH]5)cc4)ccc3n2)c[nH]1)C(C)C. The Kier molecular flexibility index (Phi) is 11.8. The number of fused-ring (bicyclic) bond motifs is 1. The maximum absolute atomic E-state index is 13.6. The van der Waals surface area contributed by atoms with Crippen LogP contribution in [0.3, 0.4) is 0 Å². The minimum absolute atomic E-state index is 0.108. The summed E-state index contributed by atoms with van der Waals surface area (Å²) in [5.41, 5.74) is 6.17. The van der Waals surface area contributed by atoms with Gasteiger partial charge in [0.2, 0.25) is 11.8 Å². The third-order valence-corrected chi connectivity index (χ3v) is 11.2. The topological polar surface area (TPSA) is 188 Å². The van der Waals surface area contributed by atoms with E-state index >= 15 is 0 Å². The van der Waals surface area contributed by atoms with E-state index in [-0.39, 0.29) is 35.7 Å². The van der Waals surface area contributed by atoms with Gasteiger partial charge >= 0.3 is 12.2 Å². The van der Waals surface area contributed by atoms with Crippen LogP contribution in [0.2, 0.25) is 0 Å². The summed E-state index contributed by atoms with van der Waals surface area (Å²) in [7, 11) is 2.58. The van der Waals surface area contributed by atoms with Crippen LogP contribution in [0.5, 0.6) is 0 Å². The fourth-order valence-corrected chi connectivity index (χ4v) is 7.97. The third-order valence-electron chi connectivity index (χ3n) is 11.2. The summed E-state index contributed by atoms with van der Waals surface area (Å²) < 4.78 is 9.52. The van der Waals surface area contributed by atoms with E-state index in [1.54, 1.807) is 16.0 Å². The first-order valence-corrected chi connectivity index (χ1v) is 19.9. The zero-order chi connectivity index (χ0) is 41.1. The number of rotatable bonds is 11. The van der Waals surface area contributed by atoms with E-state index in [0.29, 0.717) is 24.6 Å². The quantitative estimate of drug-likeness (QED) is 0.112. The molecular formula is C43H51N9O6. The van der Waals surface area contributed by atoms with E-state index in [4.69, 9.17) is 19.4 Å². The molecule has 5 heterocycles. The Labute approximate surface area is 337 Å². The van der Waals surface area contributed by atoms with Crippen molar-refractivity contribution in [2.24, 2.45) is 11.8 Å². The van der Waals surface area contributed by atoms with Crippen LogP contribution >= 0.6 is 0 Å². The number of ether oxygens (including phenoxy) is 2. The van der Waals surface area contributed by atoms with Crippen molar-refractivity contribution in [2.75, 3.05) is 27.3 Å². The molecule has 4 atom stereocenters. The van der Waals surface area contributed by atoms with Crippen LogP contribution < -0.4 is 10.6 Å². The molecule has 3 aromatic heterocycles. The summed E-state index contributed by atoms with van der Waals surface area (Å²) in [5, 5.41) is 6.38. The molecule has 15 nitrogen and oxygen atoms in total. The standard InChI is InChI=1S/C43H51N9O6/c1-24(2)36(49-42(55)57-5)40(53)51-19-7-9-34(51)38-44-22-32(47-38)27-13-11-26(12-14-27)28-15-17-30-29(21-28)16-18-31(46-30)33-23-45-39(48-33)35-10-8-20-52(35)41(54)37(25(3)4)50-43(56)58-6/h11-18,21-25,34-37H,7-10,19-20H2,1-6H3,(H,44,47)(H,45,48)(H,49,55)(H,50,56)/t34-,35-,36-,37-/m0/s1. The Morgan fingerprint density at radius 3 is 1.86 bits per heavy atom. The van der Waals surface area contributed by atoms with Gasteiger partial charge in [0.15, 0.2) is 0 Å². The van der Waals surface area contributed by atoms with E-state index in [9.17, 15) is 19.2 Å². The third kappa shape index (κ3) is 8.25. The highest BCUT2D eigenvalue weighted by molar-refractivity contribution is 5.88. The Balaban J connectivity index is 1.02. The summed E-state index contributed by atoms with van der Waals surface area (Å²) in [4.78, 5) is 75.9. The van der Waals surface area contributed by atoms with Crippen molar-refractivity contribution >= 4 is 34.9 Å². The smallest absolute Gasteiger partial charge is 0.407 e. The number of alkyl carbamates (subject to hydrolysis) is 2. The lowest BCUT2D eigenvalue weighted by Gasteiger charge is -2.30. The van der Waals surface area contributed by atoms with E-state index in [0.717, 1.165) is 70.5 Å². The molecule has 0 bridgehead atoms. The predicted octanol–water partition coefficient (Wildman–Crippen LogP) is 6.77. The highest BCUT2D eigenvalue weighted by Gasteiger charge is 2.39. The summed E-state index contributed by atoms with van der Waals surface area (Å²) in [6, 6.07) is 16.6. The molecule has 0 spiro atoms. The minimum atomic E-state index is -0.700. The molecule has 2 aliphatic heterocycles. The van der Waals surface area contributed by atoms with Crippen molar-refractivity contribution in [3.63, 3.8) is 0 Å². The van der Waals surface area contributed by atoms with E-state index in [2.05, 4.69) is 62.0 Å². The van der Waals surface area contributed by atoms with Crippen molar-refractivity contribution in [1.29, 1.82) is 0 Å². The first-order chi connectivity index (χ1) is 27.9. The number of H-pyrrole nitrogens is 2. The lowest BCUT2D eigenvalue weighted by Crippen LogP contribution is -2.51. The molecule has 7 rings (SSSR count). The van der Waals surface area contributed by atoms with Gasteiger partial charge in [-0.25, -0.2) is 24.5 Å². The summed E-state index contributed by atoms with van der Waals surface area (Å²) in [6.07, 6.45) is 5.59. The summed E-state index contributed by atoms with van der Waals surface area (Å²) in [5.74, 6) is 0.891. The van der Waals surface area contributed by atoms with Gasteiger partial charge in [0.1, 0.15) is 29.4 Å². The predicted molar refractivity (Wildman–Crippen MR) is 218 cm³/mol. The number of carbonyl (C=O) groups excluding carboxylic acids is 4. The Bertz CT molecular complexity index is 2280.